The molecule has 0 aliphatic carbocycles. The van der Waals surface area contributed by atoms with E-state index in [2.05, 4.69) is 4.72 Å². The quantitative estimate of drug-likeness (QED) is 0.641. The Morgan fingerprint density at radius 3 is 2.20 bits per heavy atom. The zero-order chi connectivity index (χ0) is 18.7. The Kier molecular flexibility index (Phi) is 5.32. The van der Waals surface area contributed by atoms with Crippen LogP contribution in [0.3, 0.4) is 0 Å². The molecule has 0 bridgehead atoms. The fourth-order valence-electron chi connectivity index (χ4n) is 2.08. The van der Waals surface area contributed by atoms with Gasteiger partial charge in [-0.05, 0) is 42.0 Å². The summed E-state index contributed by atoms with van der Waals surface area (Å²) in [6.07, 6.45) is -1.37. The van der Waals surface area contributed by atoms with Gasteiger partial charge in [0.2, 0.25) is 10.0 Å². The summed E-state index contributed by atoms with van der Waals surface area (Å²) in [5, 5.41) is 0. The number of anilines is 1. The van der Waals surface area contributed by atoms with Gasteiger partial charge < -0.3 is 0 Å². The van der Waals surface area contributed by atoms with E-state index in [1.807, 2.05) is 0 Å². The van der Waals surface area contributed by atoms with Crippen molar-refractivity contribution in [2.24, 2.45) is 0 Å². The van der Waals surface area contributed by atoms with Gasteiger partial charge in [0.05, 0.1) is 11.8 Å². The Morgan fingerprint density at radius 1 is 1.04 bits per heavy atom. The maximum Gasteiger partial charge on any atom is 0.416 e. The van der Waals surface area contributed by atoms with Gasteiger partial charge in [0, 0.05) is 11.3 Å². The first-order valence-corrected chi connectivity index (χ1v) is 8.92. The van der Waals surface area contributed by atoms with Crippen LogP contribution in [0.5, 0.6) is 0 Å². The van der Waals surface area contributed by atoms with E-state index in [1.54, 1.807) is 0 Å². The molecule has 0 spiro atoms. The standard InChI is InChI=1S/C17H14F3NO3S/c1-25(23,24)21-14-9-6-13(7-10-14)16(22)11-8-12-4-2-3-5-15(12)17(18,19)20/h2-11,21H,1H3. The molecule has 8 heteroatoms. The van der Waals surface area contributed by atoms with E-state index in [1.165, 1.54) is 42.5 Å². The minimum atomic E-state index is -4.51. The third kappa shape index (κ3) is 5.46. The summed E-state index contributed by atoms with van der Waals surface area (Å²) >= 11 is 0. The van der Waals surface area contributed by atoms with E-state index in [-0.39, 0.29) is 16.8 Å². The Hall–Kier alpha value is -2.61. The van der Waals surface area contributed by atoms with Crippen molar-refractivity contribution in [1.82, 2.24) is 0 Å². The summed E-state index contributed by atoms with van der Waals surface area (Å²) in [6.45, 7) is 0. The molecule has 0 heterocycles. The minimum absolute atomic E-state index is 0.112. The number of carbonyl (C=O) groups is 1. The highest BCUT2D eigenvalue weighted by Crippen LogP contribution is 2.32. The molecule has 0 aromatic heterocycles. The highest BCUT2D eigenvalue weighted by molar-refractivity contribution is 7.92. The van der Waals surface area contributed by atoms with Crippen molar-refractivity contribution in [1.29, 1.82) is 0 Å². The smallest absolute Gasteiger partial charge is 0.289 e. The molecule has 0 unspecified atom stereocenters. The molecular weight excluding hydrogens is 355 g/mol. The van der Waals surface area contributed by atoms with Crippen LogP contribution >= 0.6 is 0 Å². The van der Waals surface area contributed by atoms with Crippen LogP contribution in [0, 0.1) is 0 Å². The van der Waals surface area contributed by atoms with E-state index in [0.29, 0.717) is 0 Å². The summed E-state index contributed by atoms with van der Waals surface area (Å²) in [7, 11) is -3.43. The zero-order valence-electron chi connectivity index (χ0n) is 13.0. The third-order valence-electron chi connectivity index (χ3n) is 3.15. The summed E-state index contributed by atoms with van der Waals surface area (Å²) in [5.74, 6) is -0.497. The molecule has 132 valence electrons. The second-order valence-corrected chi connectivity index (χ2v) is 6.98. The molecule has 0 aliphatic heterocycles. The van der Waals surface area contributed by atoms with Gasteiger partial charge in [0.25, 0.3) is 0 Å². The van der Waals surface area contributed by atoms with E-state index >= 15 is 0 Å². The Morgan fingerprint density at radius 2 is 1.64 bits per heavy atom. The van der Waals surface area contributed by atoms with Crippen LogP contribution in [0.1, 0.15) is 21.5 Å². The predicted molar refractivity (Wildman–Crippen MR) is 89.7 cm³/mol. The van der Waals surface area contributed by atoms with Gasteiger partial charge in [-0.25, -0.2) is 8.42 Å². The topological polar surface area (TPSA) is 63.2 Å². The molecule has 0 fully saturated rings. The lowest BCUT2D eigenvalue weighted by Crippen LogP contribution is -2.09. The number of rotatable bonds is 5. The zero-order valence-corrected chi connectivity index (χ0v) is 13.9. The molecule has 2 rings (SSSR count). The Bertz CT molecular complexity index is 901. The van der Waals surface area contributed by atoms with Crippen LogP contribution in [-0.2, 0) is 16.2 Å². The van der Waals surface area contributed by atoms with Crippen LogP contribution in [0.25, 0.3) is 6.08 Å². The van der Waals surface area contributed by atoms with Crippen molar-refractivity contribution in [2.75, 3.05) is 11.0 Å². The second kappa shape index (κ2) is 7.10. The fourth-order valence-corrected chi connectivity index (χ4v) is 2.64. The van der Waals surface area contributed by atoms with E-state index < -0.39 is 27.5 Å². The molecule has 4 nitrogen and oxygen atoms in total. The van der Waals surface area contributed by atoms with Crippen LogP contribution in [0.15, 0.2) is 54.6 Å². The van der Waals surface area contributed by atoms with E-state index in [0.717, 1.165) is 24.5 Å². The van der Waals surface area contributed by atoms with Crippen LogP contribution < -0.4 is 4.72 Å². The number of halogens is 3. The molecule has 0 aliphatic rings. The van der Waals surface area contributed by atoms with E-state index in [9.17, 15) is 26.4 Å². The number of allylic oxidation sites excluding steroid dienone is 1. The second-order valence-electron chi connectivity index (χ2n) is 5.23. The lowest BCUT2D eigenvalue weighted by molar-refractivity contribution is -0.137. The average molecular weight is 369 g/mol. The lowest BCUT2D eigenvalue weighted by atomic mass is 10.0. The summed E-state index contributed by atoms with van der Waals surface area (Å²) < 4.78 is 63.2. The Labute approximate surface area is 143 Å². The summed E-state index contributed by atoms with van der Waals surface area (Å²) in [5.41, 5.74) is -0.435. The first kappa shape index (κ1) is 18.7. The minimum Gasteiger partial charge on any atom is -0.289 e. The van der Waals surface area contributed by atoms with Gasteiger partial charge in [0.1, 0.15) is 0 Å². The number of hydrogen-bond donors (Lipinski definition) is 1. The molecule has 2 aromatic rings. The number of benzene rings is 2. The molecular formula is C17H14F3NO3S. The van der Waals surface area contributed by atoms with Crippen LogP contribution in [0.4, 0.5) is 18.9 Å². The van der Waals surface area contributed by atoms with Crippen molar-refractivity contribution in [2.45, 2.75) is 6.18 Å². The molecule has 25 heavy (non-hydrogen) atoms. The largest absolute Gasteiger partial charge is 0.416 e. The van der Waals surface area contributed by atoms with Gasteiger partial charge in [-0.1, -0.05) is 24.3 Å². The number of carbonyl (C=O) groups excluding carboxylic acids is 1. The summed E-state index contributed by atoms with van der Waals surface area (Å²) in [6, 6.07) is 10.5. The number of nitrogens with one attached hydrogen (secondary N) is 1. The van der Waals surface area contributed by atoms with Crippen LogP contribution in [0.2, 0.25) is 0 Å². The van der Waals surface area contributed by atoms with Gasteiger partial charge in [-0.15, -0.1) is 0 Å². The Balaban J connectivity index is 2.19. The lowest BCUT2D eigenvalue weighted by Gasteiger charge is -2.09. The average Bonchev–Trinajstić information content (AvgIpc) is 2.51. The molecule has 2 aromatic carbocycles. The number of hydrogen-bond acceptors (Lipinski definition) is 3. The molecule has 0 radical (unpaired) electrons. The fraction of sp³-hybridized carbons (Fsp3) is 0.118. The van der Waals surface area contributed by atoms with Crippen molar-refractivity contribution >= 4 is 27.6 Å². The molecule has 1 N–H and O–H groups in total. The molecule has 0 saturated heterocycles. The summed E-state index contributed by atoms with van der Waals surface area (Å²) in [4.78, 5) is 12.1. The van der Waals surface area contributed by atoms with Crippen molar-refractivity contribution in [3.63, 3.8) is 0 Å². The number of alkyl halides is 3. The maximum atomic E-state index is 12.9. The molecule has 0 atom stereocenters. The normalized spacial score (nSPS) is 12.3. The first-order valence-electron chi connectivity index (χ1n) is 7.03. The van der Waals surface area contributed by atoms with Crippen LogP contribution in [-0.4, -0.2) is 20.5 Å². The predicted octanol–water partition coefficient (Wildman–Crippen LogP) is 3.97. The molecule has 0 saturated carbocycles. The molecule has 0 amide bonds. The third-order valence-corrected chi connectivity index (χ3v) is 3.76. The van der Waals surface area contributed by atoms with Crippen molar-refractivity contribution in [3.05, 3.63) is 71.3 Å². The SMILES string of the molecule is CS(=O)(=O)Nc1ccc(C(=O)C=Cc2ccccc2C(F)(F)F)cc1. The van der Waals surface area contributed by atoms with Crippen molar-refractivity contribution < 1.29 is 26.4 Å². The van der Waals surface area contributed by atoms with E-state index in [4.69, 9.17) is 0 Å². The number of sulfonamides is 1. The van der Waals surface area contributed by atoms with Crippen molar-refractivity contribution in [3.8, 4) is 0 Å². The van der Waals surface area contributed by atoms with Gasteiger partial charge in [-0.3, -0.25) is 9.52 Å². The van der Waals surface area contributed by atoms with Gasteiger partial charge >= 0.3 is 6.18 Å². The first-order chi connectivity index (χ1) is 11.6. The number of ketones is 1. The maximum absolute atomic E-state index is 12.9. The monoisotopic (exact) mass is 369 g/mol. The van der Waals surface area contributed by atoms with Gasteiger partial charge in [0.15, 0.2) is 5.78 Å². The highest BCUT2D eigenvalue weighted by Gasteiger charge is 2.32. The highest BCUT2D eigenvalue weighted by atomic mass is 32.2. The van der Waals surface area contributed by atoms with Gasteiger partial charge in [-0.2, -0.15) is 13.2 Å².